The SMILES string of the molecule is CCCCCCCCOCC(O)CCCCCCCCCN1CN(C)c2c1n(C)c(=O)[nH]c2=O. The fourth-order valence-electron chi connectivity index (χ4n) is 4.73. The van der Waals surface area contributed by atoms with Gasteiger partial charge in [0.15, 0.2) is 0 Å². The van der Waals surface area contributed by atoms with Gasteiger partial charge in [-0.1, -0.05) is 77.6 Å². The lowest BCUT2D eigenvalue weighted by Crippen LogP contribution is -2.32. The van der Waals surface area contributed by atoms with Crippen molar-refractivity contribution in [2.45, 2.75) is 103 Å². The largest absolute Gasteiger partial charge is 0.391 e. The molecule has 34 heavy (non-hydrogen) atoms. The Balaban J connectivity index is 1.46. The van der Waals surface area contributed by atoms with Crippen molar-refractivity contribution in [2.24, 2.45) is 7.05 Å². The van der Waals surface area contributed by atoms with Gasteiger partial charge in [-0.15, -0.1) is 0 Å². The highest BCUT2D eigenvalue weighted by atomic mass is 16.5. The summed E-state index contributed by atoms with van der Waals surface area (Å²) >= 11 is 0. The van der Waals surface area contributed by atoms with E-state index in [4.69, 9.17) is 4.74 Å². The Kier molecular flexibility index (Phi) is 13.4. The number of rotatable bonds is 19. The number of H-pyrrole nitrogens is 1. The normalized spacial score (nSPS) is 14.1. The monoisotopic (exact) mass is 480 g/mol. The molecule has 0 spiro atoms. The summed E-state index contributed by atoms with van der Waals surface area (Å²) in [6.45, 7) is 4.97. The zero-order valence-corrected chi connectivity index (χ0v) is 21.8. The Bertz CT molecular complexity index is 807. The first-order valence-electron chi connectivity index (χ1n) is 13.5. The average molecular weight is 481 g/mol. The van der Waals surface area contributed by atoms with Gasteiger partial charge in [-0.25, -0.2) is 4.79 Å². The Morgan fingerprint density at radius 3 is 2.24 bits per heavy atom. The van der Waals surface area contributed by atoms with Gasteiger partial charge in [0.2, 0.25) is 0 Å². The van der Waals surface area contributed by atoms with E-state index >= 15 is 0 Å². The van der Waals surface area contributed by atoms with Gasteiger partial charge in [0, 0.05) is 27.2 Å². The smallest absolute Gasteiger partial charge is 0.329 e. The lowest BCUT2D eigenvalue weighted by Gasteiger charge is -2.20. The molecule has 196 valence electrons. The second kappa shape index (κ2) is 16.0. The summed E-state index contributed by atoms with van der Waals surface area (Å²) in [5, 5.41) is 10.1. The average Bonchev–Trinajstić information content (AvgIpc) is 3.14. The zero-order valence-electron chi connectivity index (χ0n) is 21.8. The van der Waals surface area contributed by atoms with Crippen molar-refractivity contribution >= 4 is 11.5 Å². The van der Waals surface area contributed by atoms with Crippen molar-refractivity contribution in [1.82, 2.24) is 9.55 Å². The first-order chi connectivity index (χ1) is 16.5. The van der Waals surface area contributed by atoms with E-state index in [0.29, 0.717) is 19.0 Å². The van der Waals surface area contributed by atoms with Crippen LogP contribution in [-0.2, 0) is 11.8 Å². The third-order valence-corrected chi connectivity index (χ3v) is 6.75. The third kappa shape index (κ3) is 9.45. The predicted octanol–water partition coefficient (Wildman–Crippen LogP) is 4.15. The molecule has 1 unspecified atom stereocenters. The number of nitrogens with zero attached hydrogens (tertiary/aromatic N) is 3. The highest BCUT2D eigenvalue weighted by molar-refractivity contribution is 5.71. The van der Waals surface area contributed by atoms with Crippen LogP contribution in [0.3, 0.4) is 0 Å². The maximum absolute atomic E-state index is 12.1. The van der Waals surface area contributed by atoms with Gasteiger partial charge in [0.1, 0.15) is 11.5 Å². The van der Waals surface area contributed by atoms with Gasteiger partial charge >= 0.3 is 5.69 Å². The molecule has 8 nitrogen and oxygen atoms in total. The number of ether oxygens (including phenoxy) is 1. The van der Waals surface area contributed by atoms with Crippen molar-refractivity contribution < 1.29 is 9.84 Å². The number of aliphatic hydroxyl groups excluding tert-OH is 1. The minimum Gasteiger partial charge on any atom is -0.391 e. The summed E-state index contributed by atoms with van der Waals surface area (Å²) in [6.07, 6.45) is 16.1. The number of anilines is 2. The maximum Gasteiger partial charge on any atom is 0.329 e. The zero-order chi connectivity index (χ0) is 24.8. The molecular formula is C26H48N4O4. The quantitative estimate of drug-likeness (QED) is 0.289. The molecule has 0 aliphatic carbocycles. The molecule has 0 saturated heterocycles. The minimum atomic E-state index is -0.362. The molecule has 0 aromatic carbocycles. The summed E-state index contributed by atoms with van der Waals surface area (Å²) in [5.41, 5.74) is -0.0896. The van der Waals surface area contributed by atoms with E-state index in [2.05, 4.69) is 16.8 Å². The van der Waals surface area contributed by atoms with Gasteiger partial charge in [0.05, 0.1) is 19.4 Å². The first kappa shape index (κ1) is 28.4. The van der Waals surface area contributed by atoms with Crippen molar-refractivity contribution in [3.05, 3.63) is 20.8 Å². The molecule has 2 rings (SSSR count). The fourth-order valence-corrected chi connectivity index (χ4v) is 4.73. The topological polar surface area (TPSA) is 90.8 Å². The van der Waals surface area contributed by atoms with E-state index < -0.39 is 0 Å². The fraction of sp³-hybridized carbons (Fsp3) is 0.846. The van der Waals surface area contributed by atoms with Crippen LogP contribution < -0.4 is 21.0 Å². The summed E-state index contributed by atoms with van der Waals surface area (Å²) in [7, 11) is 3.60. The molecule has 1 aromatic rings. The molecule has 2 N–H and O–H groups in total. The lowest BCUT2D eigenvalue weighted by atomic mass is 10.1. The van der Waals surface area contributed by atoms with E-state index in [-0.39, 0.29) is 17.4 Å². The summed E-state index contributed by atoms with van der Waals surface area (Å²) in [5.74, 6) is 0.728. The van der Waals surface area contributed by atoms with Crippen LogP contribution >= 0.6 is 0 Å². The minimum absolute atomic E-state index is 0.308. The molecule has 0 bridgehead atoms. The highest BCUT2D eigenvalue weighted by Gasteiger charge is 2.28. The van der Waals surface area contributed by atoms with Gasteiger partial charge in [-0.3, -0.25) is 14.3 Å². The van der Waals surface area contributed by atoms with Crippen LogP contribution in [0.1, 0.15) is 96.8 Å². The van der Waals surface area contributed by atoms with Crippen molar-refractivity contribution in [2.75, 3.05) is 43.3 Å². The number of aromatic amines is 1. The van der Waals surface area contributed by atoms with Crippen LogP contribution in [-0.4, -0.2) is 54.2 Å². The molecule has 0 amide bonds. The number of fused-ring (bicyclic) bond motifs is 1. The lowest BCUT2D eigenvalue weighted by molar-refractivity contribution is 0.0297. The van der Waals surface area contributed by atoms with Gasteiger partial charge in [-0.2, -0.15) is 0 Å². The van der Waals surface area contributed by atoms with Gasteiger partial charge in [0.25, 0.3) is 5.56 Å². The van der Waals surface area contributed by atoms with E-state index in [1.54, 1.807) is 7.05 Å². The number of nitrogens with one attached hydrogen (secondary N) is 1. The third-order valence-electron chi connectivity index (χ3n) is 6.75. The molecule has 0 fully saturated rings. The number of hydrogen-bond donors (Lipinski definition) is 2. The molecule has 1 aliphatic heterocycles. The molecular weight excluding hydrogens is 432 g/mol. The molecule has 2 heterocycles. The van der Waals surface area contributed by atoms with Crippen molar-refractivity contribution in [1.29, 1.82) is 0 Å². The maximum atomic E-state index is 12.1. The van der Waals surface area contributed by atoms with E-state index in [0.717, 1.165) is 57.5 Å². The summed E-state index contributed by atoms with van der Waals surface area (Å²) in [4.78, 5) is 30.5. The molecule has 1 aromatic heterocycles. The highest BCUT2D eigenvalue weighted by Crippen LogP contribution is 2.29. The molecule has 1 aliphatic rings. The van der Waals surface area contributed by atoms with E-state index in [1.165, 1.54) is 55.9 Å². The molecule has 8 heteroatoms. The summed E-state index contributed by atoms with van der Waals surface area (Å²) in [6, 6.07) is 0. The van der Waals surface area contributed by atoms with Crippen LogP contribution in [0.15, 0.2) is 9.59 Å². The van der Waals surface area contributed by atoms with Crippen LogP contribution in [0, 0.1) is 0 Å². The number of unbranched alkanes of at least 4 members (excludes halogenated alkanes) is 11. The first-order valence-corrected chi connectivity index (χ1v) is 13.5. The van der Waals surface area contributed by atoms with Crippen molar-refractivity contribution in [3.63, 3.8) is 0 Å². The Hall–Kier alpha value is -1.80. The second-order valence-electron chi connectivity index (χ2n) is 9.85. The predicted molar refractivity (Wildman–Crippen MR) is 140 cm³/mol. The Morgan fingerprint density at radius 2 is 1.53 bits per heavy atom. The standard InChI is InChI=1S/C26H48N4O4/c1-4-5-6-7-13-16-19-34-20-22(31)17-14-11-9-8-10-12-15-18-30-21-28(2)23-24(32)27-26(33)29(3)25(23)30/h22,31H,4-21H2,1-3H3,(H,27,32,33). The molecule has 0 radical (unpaired) electrons. The summed E-state index contributed by atoms with van der Waals surface area (Å²) < 4.78 is 7.16. The van der Waals surface area contributed by atoms with Crippen LogP contribution in [0.2, 0.25) is 0 Å². The number of aliphatic hydroxyl groups is 1. The van der Waals surface area contributed by atoms with Gasteiger partial charge in [-0.05, 0) is 19.3 Å². The van der Waals surface area contributed by atoms with Gasteiger partial charge < -0.3 is 19.6 Å². The second-order valence-corrected chi connectivity index (χ2v) is 9.85. The number of aromatic nitrogens is 2. The Labute approximate surface area is 205 Å². The number of hydrogen-bond acceptors (Lipinski definition) is 6. The van der Waals surface area contributed by atoms with E-state index in [1.807, 2.05) is 11.9 Å². The van der Waals surface area contributed by atoms with Crippen molar-refractivity contribution in [3.8, 4) is 0 Å². The Morgan fingerprint density at radius 1 is 0.912 bits per heavy atom. The van der Waals surface area contributed by atoms with Crippen LogP contribution in [0.5, 0.6) is 0 Å². The molecule has 1 atom stereocenters. The molecule has 0 saturated carbocycles. The van der Waals surface area contributed by atoms with Crippen LogP contribution in [0.4, 0.5) is 11.5 Å². The van der Waals surface area contributed by atoms with Crippen LogP contribution in [0.25, 0.3) is 0 Å². The van der Waals surface area contributed by atoms with E-state index in [9.17, 15) is 14.7 Å².